The van der Waals surface area contributed by atoms with E-state index in [2.05, 4.69) is 4.72 Å². The summed E-state index contributed by atoms with van der Waals surface area (Å²) < 4.78 is 48.1. The fraction of sp³-hybridized carbons (Fsp3) is 0.562. The lowest BCUT2D eigenvalue weighted by Crippen LogP contribution is -2.48. The van der Waals surface area contributed by atoms with Crippen LogP contribution in [0, 0.1) is 5.82 Å². The molecule has 138 valence electrons. The Morgan fingerprint density at radius 3 is 3.00 bits per heavy atom. The molecule has 1 aromatic rings. The van der Waals surface area contributed by atoms with Crippen LogP contribution in [0.15, 0.2) is 23.1 Å². The fourth-order valence-electron chi connectivity index (χ4n) is 3.24. The number of esters is 1. The first-order valence-corrected chi connectivity index (χ1v) is 10.7. The molecule has 0 bridgehead atoms. The first kappa shape index (κ1) is 18.6. The minimum Gasteiger partial charge on any atom is -0.465 e. The largest absolute Gasteiger partial charge is 0.465 e. The molecule has 0 aromatic heterocycles. The number of fused-ring (bicyclic) bond motifs is 1. The molecule has 9 heteroatoms. The Bertz CT molecular complexity index is 757. The quantitative estimate of drug-likeness (QED) is 0.783. The first-order chi connectivity index (χ1) is 11.9. The monoisotopic (exact) mass is 388 g/mol. The zero-order chi connectivity index (χ0) is 18.0. The van der Waals surface area contributed by atoms with Gasteiger partial charge in [-0.1, -0.05) is 0 Å². The number of hydrogen-bond donors (Lipinski definition) is 1. The van der Waals surface area contributed by atoms with Gasteiger partial charge in [0.1, 0.15) is 11.9 Å². The van der Waals surface area contributed by atoms with Crippen molar-refractivity contribution in [2.75, 3.05) is 18.9 Å². The summed E-state index contributed by atoms with van der Waals surface area (Å²) in [4.78, 5) is 12.9. The smallest absolute Gasteiger partial charge is 0.324 e. The Kier molecular flexibility index (Phi) is 5.67. The van der Waals surface area contributed by atoms with Crippen molar-refractivity contribution in [3.8, 4) is 0 Å². The van der Waals surface area contributed by atoms with Crippen LogP contribution in [-0.4, -0.2) is 43.6 Å². The Morgan fingerprint density at radius 1 is 1.44 bits per heavy atom. The Balaban J connectivity index is 1.81. The van der Waals surface area contributed by atoms with Crippen LogP contribution < -0.4 is 4.72 Å². The van der Waals surface area contributed by atoms with Crippen LogP contribution >= 0.6 is 11.8 Å². The lowest BCUT2D eigenvalue weighted by Gasteiger charge is -2.29. The van der Waals surface area contributed by atoms with Crippen molar-refractivity contribution < 1.29 is 22.3 Å². The highest BCUT2D eigenvalue weighted by Crippen LogP contribution is 2.37. The average molecular weight is 388 g/mol. The number of carbonyl (C=O) groups is 1. The summed E-state index contributed by atoms with van der Waals surface area (Å²) in [6.45, 7) is 2.18. The van der Waals surface area contributed by atoms with Crippen molar-refractivity contribution in [3.05, 3.63) is 29.6 Å². The summed E-state index contributed by atoms with van der Waals surface area (Å²) >= 11 is 1.58. The van der Waals surface area contributed by atoms with Gasteiger partial charge in [0.15, 0.2) is 0 Å². The molecule has 0 radical (unpaired) electrons. The zero-order valence-corrected chi connectivity index (χ0v) is 15.5. The van der Waals surface area contributed by atoms with Gasteiger partial charge in [-0.3, -0.25) is 4.79 Å². The molecular weight excluding hydrogens is 367 g/mol. The van der Waals surface area contributed by atoms with Crippen LogP contribution in [0.1, 0.15) is 37.8 Å². The van der Waals surface area contributed by atoms with Crippen molar-refractivity contribution in [1.29, 1.82) is 0 Å². The van der Waals surface area contributed by atoms with E-state index in [4.69, 9.17) is 4.74 Å². The van der Waals surface area contributed by atoms with Crippen molar-refractivity contribution in [1.82, 2.24) is 9.03 Å². The van der Waals surface area contributed by atoms with Gasteiger partial charge >= 0.3 is 5.97 Å². The molecule has 6 nitrogen and oxygen atoms in total. The maximum Gasteiger partial charge on any atom is 0.324 e. The van der Waals surface area contributed by atoms with E-state index in [-0.39, 0.29) is 13.2 Å². The predicted molar refractivity (Wildman–Crippen MR) is 92.9 cm³/mol. The highest BCUT2D eigenvalue weighted by molar-refractivity contribution is 7.99. The van der Waals surface area contributed by atoms with Gasteiger partial charge in [0.2, 0.25) is 0 Å². The van der Waals surface area contributed by atoms with E-state index in [1.165, 1.54) is 16.4 Å². The first-order valence-electron chi connectivity index (χ1n) is 8.30. The summed E-state index contributed by atoms with van der Waals surface area (Å²) in [6.07, 6.45) is 1.62. The topological polar surface area (TPSA) is 75.7 Å². The Morgan fingerprint density at radius 2 is 2.24 bits per heavy atom. The van der Waals surface area contributed by atoms with Gasteiger partial charge in [-0.25, -0.2) is 4.39 Å². The van der Waals surface area contributed by atoms with Crippen LogP contribution in [-0.2, 0) is 19.7 Å². The number of benzene rings is 1. The number of thioether (sulfide) groups is 1. The highest BCUT2D eigenvalue weighted by Gasteiger charge is 2.41. The molecule has 0 spiro atoms. The predicted octanol–water partition coefficient (Wildman–Crippen LogP) is 2.22. The van der Waals surface area contributed by atoms with E-state index in [0.29, 0.717) is 24.8 Å². The van der Waals surface area contributed by atoms with E-state index in [1.807, 2.05) is 0 Å². The van der Waals surface area contributed by atoms with E-state index >= 15 is 0 Å². The van der Waals surface area contributed by atoms with Crippen LogP contribution in [0.25, 0.3) is 0 Å². The zero-order valence-electron chi connectivity index (χ0n) is 13.9. The molecule has 2 aliphatic rings. The van der Waals surface area contributed by atoms with Crippen LogP contribution in [0.2, 0.25) is 0 Å². The number of halogens is 1. The molecule has 25 heavy (non-hydrogen) atoms. The lowest BCUT2D eigenvalue weighted by atomic mass is 10.0. The normalized spacial score (nSPS) is 24.1. The molecule has 1 saturated heterocycles. The van der Waals surface area contributed by atoms with E-state index < -0.39 is 34.1 Å². The molecule has 1 N–H and O–H groups in total. The van der Waals surface area contributed by atoms with Crippen molar-refractivity contribution in [3.63, 3.8) is 0 Å². The van der Waals surface area contributed by atoms with Gasteiger partial charge in [0, 0.05) is 17.5 Å². The van der Waals surface area contributed by atoms with E-state index in [0.717, 1.165) is 10.6 Å². The summed E-state index contributed by atoms with van der Waals surface area (Å²) in [5, 5.41) is 0. The molecule has 2 heterocycles. The molecule has 2 atom stereocenters. The second-order valence-corrected chi connectivity index (χ2v) is 8.81. The van der Waals surface area contributed by atoms with Gasteiger partial charge < -0.3 is 4.74 Å². The molecule has 3 rings (SSSR count). The summed E-state index contributed by atoms with van der Waals surface area (Å²) in [5.74, 6) is -0.167. The number of rotatable bonds is 5. The molecule has 2 aliphatic heterocycles. The van der Waals surface area contributed by atoms with E-state index in [9.17, 15) is 17.6 Å². The molecule has 0 amide bonds. The number of nitrogens with zero attached hydrogens (tertiary/aromatic N) is 1. The number of carbonyl (C=O) groups excluding carboxylic acids is 1. The Labute approximate surface area is 151 Å². The SMILES string of the molecule is CCOC(=O)C1CCCN1S(=O)(=O)NC1CCSc2ccc(F)cc21. The third-order valence-corrected chi connectivity index (χ3v) is 7.13. The van der Waals surface area contributed by atoms with Crippen LogP contribution in [0.3, 0.4) is 0 Å². The standard InChI is InChI=1S/C16H21FN2O4S2/c1-2-23-16(20)14-4-3-8-19(14)25(21,22)18-13-7-9-24-15-6-5-11(17)10-12(13)15/h5-6,10,13-14,18H,2-4,7-9H2,1H3. The Hall–Kier alpha value is -1.16. The fourth-order valence-corrected chi connectivity index (χ4v) is 5.98. The van der Waals surface area contributed by atoms with E-state index in [1.54, 1.807) is 24.8 Å². The number of ether oxygens (including phenoxy) is 1. The third kappa shape index (κ3) is 3.99. The van der Waals surface area contributed by atoms with Gasteiger partial charge in [0.25, 0.3) is 10.2 Å². The van der Waals surface area contributed by atoms with Crippen LogP contribution in [0.4, 0.5) is 4.39 Å². The van der Waals surface area contributed by atoms with Crippen LogP contribution in [0.5, 0.6) is 0 Å². The third-order valence-electron chi connectivity index (χ3n) is 4.37. The summed E-state index contributed by atoms with van der Waals surface area (Å²) in [7, 11) is -3.88. The maximum absolute atomic E-state index is 13.6. The van der Waals surface area contributed by atoms with Gasteiger partial charge in [-0.15, -0.1) is 11.8 Å². The second kappa shape index (κ2) is 7.61. The maximum atomic E-state index is 13.6. The highest BCUT2D eigenvalue weighted by atomic mass is 32.2. The minimum absolute atomic E-state index is 0.211. The molecule has 0 saturated carbocycles. The molecule has 2 unspecified atom stereocenters. The molecule has 1 fully saturated rings. The number of nitrogens with one attached hydrogen (secondary N) is 1. The minimum atomic E-state index is -3.88. The summed E-state index contributed by atoms with van der Waals surface area (Å²) in [6, 6.07) is 3.14. The van der Waals surface area contributed by atoms with Crippen molar-refractivity contribution in [2.24, 2.45) is 0 Å². The van der Waals surface area contributed by atoms with Crippen molar-refractivity contribution >= 4 is 27.9 Å². The molecule has 0 aliphatic carbocycles. The van der Waals surface area contributed by atoms with Gasteiger partial charge in [-0.05, 0) is 55.7 Å². The average Bonchev–Trinajstić information content (AvgIpc) is 3.06. The molecule has 1 aromatic carbocycles. The summed E-state index contributed by atoms with van der Waals surface area (Å²) in [5.41, 5.74) is 0.645. The lowest BCUT2D eigenvalue weighted by molar-refractivity contribution is -0.146. The number of hydrogen-bond acceptors (Lipinski definition) is 5. The second-order valence-electron chi connectivity index (χ2n) is 6.02. The van der Waals surface area contributed by atoms with Gasteiger partial charge in [-0.2, -0.15) is 17.4 Å². The molecular formula is C16H21FN2O4S2. The van der Waals surface area contributed by atoms with Gasteiger partial charge in [0.05, 0.1) is 6.61 Å². The van der Waals surface area contributed by atoms with Crippen molar-refractivity contribution in [2.45, 2.75) is 43.2 Å².